The van der Waals surface area contributed by atoms with Gasteiger partial charge in [0.05, 0.1) is 18.8 Å². The number of ether oxygens (including phenoxy) is 1. The molecule has 3 rings (SSSR count). The van der Waals surface area contributed by atoms with Crippen LogP contribution in [0.15, 0.2) is 10.6 Å². The summed E-state index contributed by atoms with van der Waals surface area (Å²) in [5, 5.41) is 11.2. The molecule has 2 aromatic heterocycles. The van der Waals surface area contributed by atoms with Crippen LogP contribution in [0.3, 0.4) is 0 Å². The number of H-pyrrole nitrogens is 1. The van der Waals surface area contributed by atoms with Crippen LogP contribution >= 0.6 is 0 Å². The van der Waals surface area contributed by atoms with Gasteiger partial charge in [-0.3, -0.25) is 9.89 Å². The smallest absolute Gasteiger partial charge is 0.292 e. The standard InChI is InChI=1S/C17H25N5O3/c1-4-6-15-18-16(20-19-15)14-10-22(7-8-24-14)17(23)13-9-12(21-25-13)11(3)5-2/h9,11,14H,4-8,10H2,1-3H3,(H,18,19,20). The van der Waals surface area contributed by atoms with Gasteiger partial charge in [-0.1, -0.05) is 25.9 Å². The monoisotopic (exact) mass is 347 g/mol. The molecule has 0 spiro atoms. The molecule has 1 aliphatic rings. The van der Waals surface area contributed by atoms with Crippen molar-refractivity contribution in [2.24, 2.45) is 0 Å². The number of nitrogens with one attached hydrogen (secondary N) is 1. The number of aromatic nitrogens is 4. The van der Waals surface area contributed by atoms with Crippen LogP contribution in [0.2, 0.25) is 0 Å². The molecule has 0 bridgehead atoms. The number of hydrogen-bond acceptors (Lipinski definition) is 6. The van der Waals surface area contributed by atoms with Crippen molar-refractivity contribution in [3.8, 4) is 0 Å². The quantitative estimate of drug-likeness (QED) is 0.862. The fourth-order valence-electron chi connectivity index (χ4n) is 2.78. The first-order valence-electron chi connectivity index (χ1n) is 8.91. The number of rotatable bonds is 6. The molecule has 1 fully saturated rings. The van der Waals surface area contributed by atoms with Crippen LogP contribution in [-0.2, 0) is 11.2 Å². The van der Waals surface area contributed by atoms with Crippen LogP contribution in [0.4, 0.5) is 0 Å². The zero-order valence-corrected chi connectivity index (χ0v) is 15.0. The lowest BCUT2D eigenvalue weighted by atomic mass is 10.1. The fraction of sp³-hybridized carbons (Fsp3) is 0.647. The second kappa shape index (κ2) is 7.77. The Bertz CT molecular complexity index is 711. The molecule has 0 radical (unpaired) electrons. The van der Waals surface area contributed by atoms with Gasteiger partial charge in [0.1, 0.15) is 11.9 Å². The summed E-state index contributed by atoms with van der Waals surface area (Å²) in [6.07, 6.45) is 2.47. The molecule has 1 saturated heterocycles. The van der Waals surface area contributed by atoms with Gasteiger partial charge in [0.15, 0.2) is 5.82 Å². The van der Waals surface area contributed by atoms with Gasteiger partial charge in [-0.25, -0.2) is 4.98 Å². The summed E-state index contributed by atoms with van der Waals surface area (Å²) < 4.78 is 11.0. The molecule has 3 heterocycles. The predicted molar refractivity (Wildman–Crippen MR) is 90.2 cm³/mol. The maximum Gasteiger partial charge on any atom is 0.292 e. The first-order valence-corrected chi connectivity index (χ1v) is 8.91. The van der Waals surface area contributed by atoms with Crippen LogP contribution in [0.5, 0.6) is 0 Å². The highest BCUT2D eigenvalue weighted by atomic mass is 16.5. The molecule has 25 heavy (non-hydrogen) atoms. The van der Waals surface area contributed by atoms with Gasteiger partial charge in [-0.05, 0) is 12.8 Å². The predicted octanol–water partition coefficient (Wildman–Crippen LogP) is 2.47. The molecule has 1 amide bonds. The molecule has 2 unspecified atom stereocenters. The summed E-state index contributed by atoms with van der Waals surface area (Å²) in [5.41, 5.74) is 0.814. The lowest BCUT2D eigenvalue weighted by Crippen LogP contribution is -2.42. The molecule has 8 nitrogen and oxygen atoms in total. The average molecular weight is 347 g/mol. The number of nitrogens with zero attached hydrogens (tertiary/aromatic N) is 4. The Morgan fingerprint density at radius 2 is 2.32 bits per heavy atom. The normalized spacial score (nSPS) is 19.2. The molecule has 8 heteroatoms. The number of aromatic amines is 1. The van der Waals surface area contributed by atoms with Crippen LogP contribution in [-0.4, -0.2) is 50.8 Å². The van der Waals surface area contributed by atoms with Gasteiger partial charge in [0.2, 0.25) is 5.76 Å². The highest BCUT2D eigenvalue weighted by Gasteiger charge is 2.30. The van der Waals surface area contributed by atoms with E-state index in [0.717, 1.165) is 30.8 Å². The van der Waals surface area contributed by atoms with E-state index in [1.54, 1.807) is 11.0 Å². The van der Waals surface area contributed by atoms with Crippen LogP contribution in [0.1, 0.15) is 73.5 Å². The number of carbonyl (C=O) groups excluding carboxylic acids is 1. The minimum Gasteiger partial charge on any atom is -0.366 e. The Morgan fingerprint density at radius 3 is 3.08 bits per heavy atom. The second-order valence-corrected chi connectivity index (χ2v) is 6.43. The van der Waals surface area contributed by atoms with Crippen molar-refractivity contribution >= 4 is 5.91 Å². The number of amides is 1. The Morgan fingerprint density at radius 1 is 1.48 bits per heavy atom. The lowest BCUT2D eigenvalue weighted by molar-refractivity contribution is -0.0278. The third-order valence-corrected chi connectivity index (χ3v) is 4.53. The van der Waals surface area contributed by atoms with E-state index in [2.05, 4.69) is 41.1 Å². The summed E-state index contributed by atoms with van der Waals surface area (Å²) in [5.74, 6) is 1.82. The third kappa shape index (κ3) is 3.89. The second-order valence-electron chi connectivity index (χ2n) is 6.43. The number of hydrogen-bond donors (Lipinski definition) is 1. The van der Waals surface area contributed by atoms with E-state index in [1.165, 1.54) is 0 Å². The van der Waals surface area contributed by atoms with Gasteiger partial charge in [-0.2, -0.15) is 5.10 Å². The van der Waals surface area contributed by atoms with E-state index in [0.29, 0.717) is 25.5 Å². The number of aryl methyl sites for hydroxylation is 1. The highest BCUT2D eigenvalue weighted by Crippen LogP contribution is 2.23. The summed E-state index contributed by atoms with van der Waals surface area (Å²) in [4.78, 5) is 18.9. The Hall–Kier alpha value is -2.22. The first-order chi connectivity index (χ1) is 12.1. The molecular formula is C17H25N5O3. The SMILES string of the molecule is CCCc1nc(C2CN(C(=O)c3cc(C(C)CC)no3)CCO2)n[nH]1. The number of carbonyl (C=O) groups is 1. The van der Waals surface area contributed by atoms with E-state index >= 15 is 0 Å². The Kier molecular flexibility index (Phi) is 5.47. The highest BCUT2D eigenvalue weighted by molar-refractivity contribution is 5.91. The van der Waals surface area contributed by atoms with E-state index in [4.69, 9.17) is 9.26 Å². The van der Waals surface area contributed by atoms with Gasteiger partial charge in [0, 0.05) is 24.9 Å². The van der Waals surface area contributed by atoms with Crippen molar-refractivity contribution in [2.75, 3.05) is 19.7 Å². The van der Waals surface area contributed by atoms with E-state index in [9.17, 15) is 4.79 Å². The summed E-state index contributed by atoms with van der Waals surface area (Å²) >= 11 is 0. The van der Waals surface area contributed by atoms with Crippen LogP contribution in [0.25, 0.3) is 0 Å². The molecule has 136 valence electrons. The van der Waals surface area contributed by atoms with E-state index < -0.39 is 0 Å². The minimum absolute atomic E-state index is 0.167. The summed E-state index contributed by atoms with van der Waals surface area (Å²) in [7, 11) is 0. The van der Waals surface area contributed by atoms with Crippen molar-refractivity contribution in [3.63, 3.8) is 0 Å². The Labute approximate surface area is 146 Å². The molecule has 2 atom stereocenters. The van der Waals surface area contributed by atoms with Crippen molar-refractivity contribution < 1.29 is 14.1 Å². The summed E-state index contributed by atoms with van der Waals surface area (Å²) in [6, 6.07) is 1.74. The minimum atomic E-state index is -0.323. The molecule has 0 aliphatic carbocycles. The van der Waals surface area contributed by atoms with Crippen LogP contribution in [0, 0.1) is 0 Å². The zero-order chi connectivity index (χ0) is 17.8. The molecule has 2 aromatic rings. The van der Waals surface area contributed by atoms with E-state index in [-0.39, 0.29) is 23.7 Å². The third-order valence-electron chi connectivity index (χ3n) is 4.53. The maximum absolute atomic E-state index is 12.7. The van der Waals surface area contributed by atoms with Gasteiger partial charge >= 0.3 is 0 Å². The molecule has 0 aromatic carbocycles. The molecular weight excluding hydrogens is 322 g/mol. The zero-order valence-electron chi connectivity index (χ0n) is 15.0. The van der Waals surface area contributed by atoms with Gasteiger partial charge in [-0.15, -0.1) is 0 Å². The van der Waals surface area contributed by atoms with Gasteiger partial charge in [0.25, 0.3) is 5.91 Å². The first kappa shape index (κ1) is 17.6. The van der Waals surface area contributed by atoms with Gasteiger partial charge < -0.3 is 14.2 Å². The van der Waals surface area contributed by atoms with Crippen molar-refractivity contribution in [2.45, 2.75) is 52.1 Å². The lowest BCUT2D eigenvalue weighted by Gasteiger charge is -2.30. The Balaban J connectivity index is 1.67. The van der Waals surface area contributed by atoms with Crippen molar-refractivity contribution in [3.05, 3.63) is 29.2 Å². The summed E-state index contributed by atoms with van der Waals surface area (Å²) in [6.45, 7) is 7.60. The average Bonchev–Trinajstić information content (AvgIpc) is 3.30. The molecule has 1 aliphatic heterocycles. The molecule has 1 N–H and O–H groups in total. The maximum atomic E-state index is 12.7. The number of morpholine rings is 1. The van der Waals surface area contributed by atoms with Crippen molar-refractivity contribution in [1.82, 2.24) is 25.2 Å². The van der Waals surface area contributed by atoms with Crippen molar-refractivity contribution in [1.29, 1.82) is 0 Å². The van der Waals surface area contributed by atoms with E-state index in [1.807, 2.05) is 0 Å². The van der Waals surface area contributed by atoms with Crippen LogP contribution < -0.4 is 0 Å². The largest absolute Gasteiger partial charge is 0.366 e. The fourth-order valence-corrected chi connectivity index (χ4v) is 2.78. The molecule has 0 saturated carbocycles. The topological polar surface area (TPSA) is 97.1 Å².